The first-order valence-electron chi connectivity index (χ1n) is 10.6. The number of carbonyl (C=O) groups is 1. The predicted octanol–water partition coefficient (Wildman–Crippen LogP) is 5.74. The van der Waals surface area contributed by atoms with Crippen LogP contribution in [0.4, 0.5) is 4.39 Å². The molecule has 0 bridgehead atoms. The largest absolute Gasteiger partial charge is 0.338 e. The van der Waals surface area contributed by atoms with Crippen molar-refractivity contribution in [1.29, 1.82) is 0 Å². The van der Waals surface area contributed by atoms with Crippen LogP contribution in [-0.4, -0.2) is 43.4 Å². The van der Waals surface area contributed by atoms with Gasteiger partial charge in [0.1, 0.15) is 5.82 Å². The molecule has 9 heteroatoms. The zero-order chi connectivity index (χ0) is 24.2. The van der Waals surface area contributed by atoms with Crippen molar-refractivity contribution in [1.82, 2.24) is 24.6 Å². The van der Waals surface area contributed by atoms with E-state index in [1.165, 1.54) is 23.9 Å². The van der Waals surface area contributed by atoms with Crippen molar-refractivity contribution < 1.29 is 9.18 Å². The SMILES string of the molecule is Cc1c(Cl)cccc1-n1c(SCC(=O)N(C)[C@@H](C)c2ccc(F)cc2)nnc1-c1ccncc1. The van der Waals surface area contributed by atoms with Crippen LogP contribution >= 0.6 is 23.4 Å². The predicted molar refractivity (Wildman–Crippen MR) is 133 cm³/mol. The van der Waals surface area contributed by atoms with Crippen LogP contribution in [0.25, 0.3) is 17.1 Å². The van der Waals surface area contributed by atoms with Crippen LogP contribution in [0.2, 0.25) is 5.02 Å². The van der Waals surface area contributed by atoms with Crippen molar-refractivity contribution >= 4 is 29.3 Å². The third-order valence-corrected chi connectivity index (χ3v) is 7.03. The summed E-state index contributed by atoms with van der Waals surface area (Å²) in [6.07, 6.45) is 3.39. The minimum Gasteiger partial charge on any atom is -0.338 e. The summed E-state index contributed by atoms with van der Waals surface area (Å²) in [5.41, 5.74) is 3.43. The number of carbonyl (C=O) groups excluding carboxylic acids is 1. The van der Waals surface area contributed by atoms with Crippen molar-refractivity contribution in [2.75, 3.05) is 12.8 Å². The Balaban J connectivity index is 1.61. The van der Waals surface area contributed by atoms with Gasteiger partial charge in [-0.1, -0.05) is 41.6 Å². The van der Waals surface area contributed by atoms with Gasteiger partial charge < -0.3 is 4.90 Å². The molecule has 0 unspecified atom stereocenters. The zero-order valence-corrected chi connectivity index (χ0v) is 20.5. The summed E-state index contributed by atoms with van der Waals surface area (Å²) < 4.78 is 15.2. The summed E-state index contributed by atoms with van der Waals surface area (Å²) in [4.78, 5) is 18.7. The molecule has 1 amide bonds. The molecule has 2 aromatic heterocycles. The van der Waals surface area contributed by atoms with Gasteiger partial charge in [0, 0.05) is 30.0 Å². The van der Waals surface area contributed by atoms with Crippen molar-refractivity contribution in [3.63, 3.8) is 0 Å². The second-order valence-corrected chi connectivity index (χ2v) is 9.13. The van der Waals surface area contributed by atoms with Gasteiger partial charge in [0.2, 0.25) is 5.91 Å². The summed E-state index contributed by atoms with van der Waals surface area (Å²) in [5.74, 6) is 0.414. The first kappa shape index (κ1) is 23.9. The molecule has 4 rings (SSSR count). The van der Waals surface area contributed by atoms with Crippen molar-refractivity contribution in [2.45, 2.75) is 25.0 Å². The lowest BCUT2D eigenvalue weighted by Gasteiger charge is -2.25. The van der Waals surface area contributed by atoms with Crippen LogP contribution in [0.5, 0.6) is 0 Å². The van der Waals surface area contributed by atoms with E-state index in [4.69, 9.17) is 11.6 Å². The molecule has 0 fully saturated rings. The van der Waals surface area contributed by atoms with Crippen LogP contribution in [0.3, 0.4) is 0 Å². The summed E-state index contributed by atoms with van der Waals surface area (Å²) in [7, 11) is 1.74. The van der Waals surface area contributed by atoms with Gasteiger partial charge in [-0.3, -0.25) is 14.3 Å². The van der Waals surface area contributed by atoms with Crippen LogP contribution in [0, 0.1) is 12.7 Å². The average molecular weight is 496 g/mol. The molecule has 4 aromatic rings. The Morgan fingerprint density at radius 2 is 1.82 bits per heavy atom. The van der Waals surface area contributed by atoms with Crippen LogP contribution in [-0.2, 0) is 4.79 Å². The summed E-state index contributed by atoms with van der Waals surface area (Å²) in [6, 6.07) is 15.4. The first-order valence-corrected chi connectivity index (χ1v) is 12.0. The van der Waals surface area contributed by atoms with Gasteiger partial charge in [-0.25, -0.2) is 4.39 Å². The van der Waals surface area contributed by atoms with Gasteiger partial charge >= 0.3 is 0 Å². The fraction of sp³-hybridized carbons (Fsp3) is 0.200. The Hall–Kier alpha value is -3.23. The molecule has 34 heavy (non-hydrogen) atoms. The van der Waals surface area contributed by atoms with Crippen LogP contribution in [0.1, 0.15) is 24.1 Å². The Bertz CT molecular complexity index is 1300. The highest BCUT2D eigenvalue weighted by Crippen LogP contribution is 2.32. The minimum atomic E-state index is -0.305. The summed E-state index contributed by atoms with van der Waals surface area (Å²) >= 11 is 7.70. The van der Waals surface area contributed by atoms with Crippen LogP contribution < -0.4 is 0 Å². The van der Waals surface area contributed by atoms with Gasteiger partial charge in [0.15, 0.2) is 11.0 Å². The highest BCUT2D eigenvalue weighted by Gasteiger charge is 2.22. The molecular formula is C25H23ClFN5OS. The second kappa shape index (κ2) is 10.4. The summed E-state index contributed by atoms with van der Waals surface area (Å²) in [5, 5.41) is 10.0. The third kappa shape index (κ3) is 4.98. The zero-order valence-electron chi connectivity index (χ0n) is 18.9. The lowest BCUT2D eigenvalue weighted by molar-refractivity contribution is -0.128. The number of benzene rings is 2. The maximum absolute atomic E-state index is 13.3. The Morgan fingerprint density at radius 3 is 2.53 bits per heavy atom. The Morgan fingerprint density at radius 1 is 1.12 bits per heavy atom. The number of hydrogen-bond donors (Lipinski definition) is 0. The molecule has 174 valence electrons. The maximum atomic E-state index is 13.3. The second-order valence-electron chi connectivity index (χ2n) is 7.78. The van der Waals surface area contributed by atoms with E-state index in [1.807, 2.05) is 48.7 Å². The molecule has 0 aliphatic carbocycles. The number of rotatable bonds is 7. The molecule has 6 nitrogen and oxygen atoms in total. The van der Waals surface area contributed by atoms with E-state index in [-0.39, 0.29) is 23.5 Å². The molecule has 0 saturated heterocycles. The van der Waals surface area contributed by atoms with Gasteiger partial charge in [0.05, 0.1) is 17.5 Å². The Labute approximate surface area is 206 Å². The van der Waals surface area contributed by atoms with E-state index in [0.717, 1.165) is 22.4 Å². The van der Waals surface area contributed by atoms with Gasteiger partial charge in [0.25, 0.3) is 0 Å². The third-order valence-electron chi connectivity index (χ3n) is 5.70. The van der Waals surface area contributed by atoms with Crippen LogP contribution in [0.15, 0.2) is 72.1 Å². The molecule has 0 aliphatic heterocycles. The quantitative estimate of drug-likeness (QED) is 0.306. The van der Waals surface area contributed by atoms with E-state index in [2.05, 4.69) is 15.2 Å². The van der Waals surface area contributed by atoms with E-state index in [1.54, 1.807) is 36.5 Å². The monoisotopic (exact) mass is 495 g/mol. The molecule has 0 radical (unpaired) electrons. The first-order chi connectivity index (χ1) is 16.4. The lowest BCUT2D eigenvalue weighted by Crippen LogP contribution is -2.31. The smallest absolute Gasteiger partial charge is 0.233 e. The number of hydrogen-bond acceptors (Lipinski definition) is 5. The standard InChI is InChI=1S/C25H23ClFN5OS/c1-16-21(26)5-4-6-22(16)32-24(19-11-13-28-14-12-19)29-30-25(32)34-15-23(33)31(3)17(2)18-7-9-20(27)10-8-18/h4-14,17H,15H2,1-3H3/t17-/m0/s1. The number of amides is 1. The fourth-order valence-corrected chi connectivity index (χ4v) is 4.55. The van der Waals surface area contributed by atoms with Crippen molar-refractivity contribution in [3.05, 3.63) is 89.0 Å². The molecule has 2 aromatic carbocycles. The number of aromatic nitrogens is 4. The van der Waals surface area contributed by atoms with Gasteiger partial charge in [-0.15, -0.1) is 10.2 Å². The molecule has 0 N–H and O–H groups in total. The molecular weight excluding hydrogens is 473 g/mol. The molecule has 1 atom stereocenters. The van der Waals surface area contributed by atoms with E-state index < -0.39 is 0 Å². The molecule has 2 heterocycles. The molecule has 0 saturated carbocycles. The minimum absolute atomic E-state index is 0.0790. The van der Waals surface area contributed by atoms with E-state index >= 15 is 0 Å². The van der Waals surface area contributed by atoms with E-state index in [0.29, 0.717) is 16.0 Å². The Kier molecular flexibility index (Phi) is 7.29. The van der Waals surface area contributed by atoms with Crippen molar-refractivity contribution in [2.24, 2.45) is 0 Å². The average Bonchev–Trinajstić information content (AvgIpc) is 3.28. The summed E-state index contributed by atoms with van der Waals surface area (Å²) in [6.45, 7) is 3.85. The molecule has 0 spiro atoms. The number of halogens is 2. The van der Waals surface area contributed by atoms with E-state index in [9.17, 15) is 9.18 Å². The fourth-order valence-electron chi connectivity index (χ4n) is 3.52. The van der Waals surface area contributed by atoms with Gasteiger partial charge in [-0.05, 0) is 61.4 Å². The maximum Gasteiger partial charge on any atom is 0.233 e. The number of nitrogens with zero attached hydrogens (tertiary/aromatic N) is 5. The lowest BCUT2D eigenvalue weighted by atomic mass is 10.1. The van der Waals surface area contributed by atoms with Crippen molar-refractivity contribution in [3.8, 4) is 17.1 Å². The topological polar surface area (TPSA) is 63.9 Å². The normalized spacial score (nSPS) is 11.9. The molecule has 0 aliphatic rings. The number of pyridine rings is 1. The number of thioether (sulfide) groups is 1. The van der Waals surface area contributed by atoms with Gasteiger partial charge in [-0.2, -0.15) is 0 Å². The highest BCUT2D eigenvalue weighted by atomic mass is 35.5. The highest BCUT2D eigenvalue weighted by molar-refractivity contribution is 7.99.